The van der Waals surface area contributed by atoms with Gasteiger partial charge in [-0.25, -0.2) is 0 Å². The summed E-state index contributed by atoms with van der Waals surface area (Å²) in [7, 11) is -0.829. The normalized spacial score (nSPS) is 16.6. The van der Waals surface area contributed by atoms with Crippen LogP contribution in [0.4, 0.5) is 0 Å². The predicted octanol–water partition coefficient (Wildman–Crippen LogP) is 1.84. The molecule has 0 aromatic rings. The Kier molecular flexibility index (Phi) is 4.32. The summed E-state index contributed by atoms with van der Waals surface area (Å²) in [6.07, 6.45) is 7.28. The lowest BCUT2D eigenvalue weighted by Gasteiger charge is -1.91. The Balaban J connectivity index is 4.19. The molecule has 9 heavy (non-hydrogen) atoms. The maximum absolute atomic E-state index is 10.8. The number of allylic oxidation sites excluding steroid dienone is 3. The summed E-state index contributed by atoms with van der Waals surface area (Å²) >= 11 is 0. The molecule has 0 bridgehead atoms. The van der Waals surface area contributed by atoms with E-state index in [9.17, 15) is 4.21 Å². The zero-order valence-electron chi connectivity index (χ0n) is 6.05. The fourth-order valence-electron chi connectivity index (χ4n) is 0.522. The van der Waals surface area contributed by atoms with Gasteiger partial charge in [0.1, 0.15) is 0 Å². The van der Waals surface area contributed by atoms with Crippen molar-refractivity contribution in [2.45, 2.75) is 13.8 Å². The summed E-state index contributed by atoms with van der Waals surface area (Å²) in [6, 6.07) is 0. The van der Waals surface area contributed by atoms with Crippen LogP contribution in [0, 0.1) is 0 Å². The van der Waals surface area contributed by atoms with Crippen LogP contribution < -0.4 is 0 Å². The molecule has 0 radical (unpaired) electrons. The van der Waals surface area contributed by atoms with Gasteiger partial charge in [0.05, 0.1) is 0 Å². The molecule has 1 unspecified atom stereocenters. The summed E-state index contributed by atoms with van der Waals surface area (Å²) in [5.74, 6) is 0. The van der Waals surface area contributed by atoms with E-state index in [1.807, 2.05) is 32.1 Å². The minimum absolute atomic E-state index is 0.829. The van der Waals surface area contributed by atoms with E-state index in [0.29, 0.717) is 0 Å². The van der Waals surface area contributed by atoms with Gasteiger partial charge in [0.25, 0.3) is 0 Å². The fourth-order valence-corrected chi connectivity index (χ4v) is 1.18. The molecule has 0 aliphatic carbocycles. The Morgan fingerprint density at radius 2 is 2.00 bits per heavy atom. The summed E-state index contributed by atoms with van der Waals surface area (Å²) in [6.45, 7) is 3.80. The summed E-state index contributed by atoms with van der Waals surface area (Å²) in [5, 5.41) is 0. The lowest BCUT2D eigenvalue weighted by molar-refractivity contribution is 0.690. The topological polar surface area (TPSA) is 17.1 Å². The largest absolute Gasteiger partial charge is 0.255 e. The molecule has 0 aliphatic rings. The quantitative estimate of drug-likeness (QED) is 0.540. The number of rotatable bonds is 2. The van der Waals surface area contributed by atoms with Gasteiger partial charge in [0.15, 0.2) is 0 Å². The zero-order valence-corrected chi connectivity index (χ0v) is 6.87. The van der Waals surface area contributed by atoms with Gasteiger partial charge in [-0.1, -0.05) is 18.2 Å². The Labute approximate surface area is 58.9 Å². The summed E-state index contributed by atoms with van der Waals surface area (Å²) in [4.78, 5) is 0.887. The molecule has 0 N–H and O–H groups in total. The standard InChI is InChI=1S/C7H12OS/c1-4-6-7(5-2)9(3)8/h4-6H,1-3H3/b6-4-,7-5+. The lowest BCUT2D eigenvalue weighted by Crippen LogP contribution is -1.86. The second kappa shape index (κ2) is 4.50. The minimum Gasteiger partial charge on any atom is -0.255 e. The van der Waals surface area contributed by atoms with Crippen LogP contribution in [0.5, 0.6) is 0 Å². The van der Waals surface area contributed by atoms with Crippen LogP contribution in [0.15, 0.2) is 23.1 Å². The molecule has 52 valence electrons. The molecule has 2 heteroatoms. The number of hydrogen-bond donors (Lipinski definition) is 0. The van der Waals surface area contributed by atoms with Crippen molar-refractivity contribution in [2.75, 3.05) is 6.26 Å². The first-order chi connectivity index (χ1) is 4.22. The lowest BCUT2D eigenvalue weighted by atomic mass is 10.4. The molecule has 0 amide bonds. The van der Waals surface area contributed by atoms with Gasteiger partial charge in [-0.3, -0.25) is 4.21 Å². The summed E-state index contributed by atoms with van der Waals surface area (Å²) in [5.41, 5.74) is 0. The van der Waals surface area contributed by atoms with Gasteiger partial charge < -0.3 is 0 Å². The highest BCUT2D eigenvalue weighted by Crippen LogP contribution is 1.99. The molecule has 0 fully saturated rings. The van der Waals surface area contributed by atoms with Crippen LogP contribution in [0.25, 0.3) is 0 Å². The van der Waals surface area contributed by atoms with E-state index in [1.54, 1.807) is 6.26 Å². The SMILES string of the molecule is C/C=C\C(=C/C)S(C)=O. The number of hydrogen-bond acceptors (Lipinski definition) is 1. The molecule has 0 aromatic heterocycles. The van der Waals surface area contributed by atoms with E-state index in [1.165, 1.54) is 0 Å². The van der Waals surface area contributed by atoms with E-state index in [0.717, 1.165) is 4.91 Å². The molecule has 1 nitrogen and oxygen atoms in total. The Morgan fingerprint density at radius 1 is 1.44 bits per heavy atom. The van der Waals surface area contributed by atoms with Gasteiger partial charge in [-0.2, -0.15) is 0 Å². The van der Waals surface area contributed by atoms with Crippen molar-refractivity contribution < 1.29 is 4.21 Å². The maximum atomic E-state index is 10.8. The Bertz CT molecular complexity index is 156. The average Bonchev–Trinajstić information content (AvgIpc) is 1.82. The van der Waals surface area contributed by atoms with E-state index in [4.69, 9.17) is 0 Å². The molecule has 0 rings (SSSR count). The van der Waals surface area contributed by atoms with Crippen LogP contribution in [0.1, 0.15) is 13.8 Å². The molecule has 0 aromatic carbocycles. The molecule has 1 atom stereocenters. The van der Waals surface area contributed by atoms with E-state index in [-0.39, 0.29) is 0 Å². The van der Waals surface area contributed by atoms with E-state index < -0.39 is 10.8 Å². The van der Waals surface area contributed by atoms with Gasteiger partial charge in [-0.05, 0) is 13.8 Å². The molecule has 0 saturated carbocycles. The third kappa shape index (κ3) is 3.25. The monoisotopic (exact) mass is 144 g/mol. The highest BCUT2D eigenvalue weighted by Gasteiger charge is 1.91. The molecule has 0 saturated heterocycles. The highest BCUT2D eigenvalue weighted by atomic mass is 32.2. The average molecular weight is 144 g/mol. The first-order valence-corrected chi connectivity index (χ1v) is 4.40. The van der Waals surface area contributed by atoms with Crippen molar-refractivity contribution >= 4 is 10.8 Å². The van der Waals surface area contributed by atoms with Crippen molar-refractivity contribution in [3.63, 3.8) is 0 Å². The smallest absolute Gasteiger partial charge is 0.0494 e. The van der Waals surface area contributed by atoms with Gasteiger partial charge in [-0.15, -0.1) is 0 Å². The second-order valence-electron chi connectivity index (χ2n) is 1.65. The fraction of sp³-hybridized carbons (Fsp3) is 0.429. The van der Waals surface area contributed by atoms with Crippen LogP contribution in [-0.4, -0.2) is 10.5 Å². The van der Waals surface area contributed by atoms with Crippen molar-refractivity contribution in [2.24, 2.45) is 0 Å². The van der Waals surface area contributed by atoms with Gasteiger partial charge in [0.2, 0.25) is 0 Å². The van der Waals surface area contributed by atoms with Crippen LogP contribution in [0.2, 0.25) is 0 Å². The van der Waals surface area contributed by atoms with Crippen LogP contribution in [-0.2, 0) is 10.8 Å². The molecule has 0 aliphatic heterocycles. The van der Waals surface area contributed by atoms with E-state index >= 15 is 0 Å². The Morgan fingerprint density at radius 3 is 2.11 bits per heavy atom. The van der Waals surface area contributed by atoms with Crippen molar-refractivity contribution in [1.29, 1.82) is 0 Å². The molecular weight excluding hydrogens is 132 g/mol. The third-order valence-corrected chi connectivity index (χ3v) is 1.98. The van der Waals surface area contributed by atoms with Crippen LogP contribution >= 0.6 is 0 Å². The van der Waals surface area contributed by atoms with Crippen molar-refractivity contribution in [3.8, 4) is 0 Å². The van der Waals surface area contributed by atoms with Crippen molar-refractivity contribution in [3.05, 3.63) is 23.1 Å². The third-order valence-electron chi connectivity index (χ3n) is 0.947. The highest BCUT2D eigenvalue weighted by molar-refractivity contribution is 7.88. The first-order valence-electron chi connectivity index (χ1n) is 2.84. The Hall–Kier alpha value is -0.370. The zero-order chi connectivity index (χ0) is 7.28. The molecular formula is C7H12OS. The van der Waals surface area contributed by atoms with Gasteiger partial charge in [0, 0.05) is 22.0 Å². The summed E-state index contributed by atoms with van der Waals surface area (Å²) < 4.78 is 10.8. The molecule has 0 heterocycles. The minimum atomic E-state index is -0.829. The van der Waals surface area contributed by atoms with Crippen molar-refractivity contribution in [1.82, 2.24) is 0 Å². The van der Waals surface area contributed by atoms with Gasteiger partial charge >= 0.3 is 0 Å². The van der Waals surface area contributed by atoms with Crippen LogP contribution in [0.3, 0.4) is 0 Å². The van der Waals surface area contributed by atoms with E-state index in [2.05, 4.69) is 0 Å². The molecule has 0 spiro atoms. The first kappa shape index (κ1) is 8.63. The second-order valence-corrected chi connectivity index (χ2v) is 3.02. The predicted molar refractivity (Wildman–Crippen MR) is 42.6 cm³/mol. The maximum Gasteiger partial charge on any atom is 0.0494 e.